The van der Waals surface area contributed by atoms with Gasteiger partial charge in [-0.05, 0) is 32.0 Å². The zero-order chi connectivity index (χ0) is 22.1. The summed E-state index contributed by atoms with van der Waals surface area (Å²) in [5.41, 5.74) is -0.943. The van der Waals surface area contributed by atoms with Gasteiger partial charge in [-0.3, -0.25) is 9.05 Å². The summed E-state index contributed by atoms with van der Waals surface area (Å²) in [6, 6.07) is 2.68. The maximum absolute atomic E-state index is 13.0. The van der Waals surface area contributed by atoms with Gasteiger partial charge in [0.15, 0.2) is 0 Å². The van der Waals surface area contributed by atoms with E-state index in [0.29, 0.717) is 0 Å². The van der Waals surface area contributed by atoms with Gasteiger partial charge in [0.05, 0.1) is 37.7 Å². The second kappa shape index (κ2) is 11.0. The molecule has 0 bridgehead atoms. The zero-order valence-corrected chi connectivity index (χ0v) is 17.0. The summed E-state index contributed by atoms with van der Waals surface area (Å²) in [4.78, 5) is 11.4. The Morgan fingerprint density at radius 2 is 1.90 bits per heavy atom. The molecule has 0 atom stereocenters. The van der Waals surface area contributed by atoms with Crippen molar-refractivity contribution in [1.82, 2.24) is 5.20 Å². The van der Waals surface area contributed by atoms with Gasteiger partial charge in [-0.25, -0.2) is 14.6 Å². The highest BCUT2D eigenvalue weighted by Crippen LogP contribution is 2.43. The molecule has 0 aliphatic heterocycles. The van der Waals surface area contributed by atoms with Crippen LogP contribution in [0.25, 0.3) is 0 Å². The maximum Gasteiger partial charge on any atom is 0.448 e. The van der Waals surface area contributed by atoms with E-state index in [4.69, 9.17) is 13.8 Å². The molecule has 12 heteroatoms. The summed E-state index contributed by atoms with van der Waals surface area (Å²) in [5.74, 6) is -0.985. The fraction of sp³-hybridized carbons (Fsp3) is 0.412. The van der Waals surface area contributed by atoms with Crippen molar-refractivity contribution in [2.75, 3.05) is 26.9 Å². The molecule has 1 aromatic carbocycles. The number of ether oxygens (including phenoxy) is 2. The molecule has 0 heterocycles. The minimum atomic E-state index is -4.61. The summed E-state index contributed by atoms with van der Waals surface area (Å²) in [6.07, 6.45) is -3.52. The number of nitrogens with zero attached hydrogens (tertiary/aromatic N) is 1. The van der Waals surface area contributed by atoms with E-state index in [1.165, 1.54) is 0 Å². The van der Waals surface area contributed by atoms with Crippen molar-refractivity contribution in [3.63, 3.8) is 0 Å². The Balaban J connectivity index is 3.09. The van der Waals surface area contributed by atoms with Gasteiger partial charge >= 0.3 is 19.9 Å². The monoisotopic (exact) mass is 438 g/mol. The first kappa shape index (κ1) is 24.7. The first-order valence-corrected chi connectivity index (χ1v) is 9.90. The molecule has 0 spiro atoms. The average molecular weight is 438 g/mol. The van der Waals surface area contributed by atoms with E-state index < -0.39 is 32.1 Å². The van der Waals surface area contributed by atoms with E-state index in [0.717, 1.165) is 31.5 Å². The number of hydrogen-bond donors (Lipinski definition) is 1. The molecule has 162 valence electrons. The normalized spacial score (nSPS) is 12.1. The Kier molecular flexibility index (Phi) is 9.35. The highest BCUT2D eigenvalue weighted by Gasteiger charge is 2.31. The predicted molar refractivity (Wildman–Crippen MR) is 99.7 cm³/mol. The number of carbonyl (C=O) groups excluding carboxylic acids is 1. The van der Waals surface area contributed by atoms with E-state index in [1.54, 1.807) is 13.8 Å². The molecule has 0 amide bonds. The summed E-state index contributed by atoms with van der Waals surface area (Å²) in [7, 11) is -2.56. The number of methoxy groups -OCH3 is 1. The van der Waals surface area contributed by atoms with Crippen molar-refractivity contribution in [1.29, 1.82) is 0 Å². The molecule has 0 radical (unpaired) electrons. The predicted octanol–water partition coefficient (Wildman–Crippen LogP) is 3.92. The lowest BCUT2D eigenvalue weighted by atomic mass is 10.1. The average Bonchev–Trinajstić information content (AvgIpc) is 2.65. The van der Waals surface area contributed by atoms with Crippen LogP contribution in [0.2, 0.25) is 0 Å². The van der Waals surface area contributed by atoms with Crippen LogP contribution in [0, 0.1) is 0 Å². The third kappa shape index (κ3) is 7.88. The van der Waals surface area contributed by atoms with E-state index in [1.807, 2.05) is 0 Å². The lowest BCUT2D eigenvalue weighted by molar-refractivity contribution is -0.138. The van der Waals surface area contributed by atoms with Crippen LogP contribution in [-0.2, 0) is 29.3 Å². The number of benzene rings is 1. The molecule has 0 fully saturated rings. The molecule has 29 heavy (non-hydrogen) atoms. The van der Waals surface area contributed by atoms with Crippen molar-refractivity contribution in [2.45, 2.75) is 20.0 Å². The van der Waals surface area contributed by atoms with Gasteiger partial charge in [0, 0.05) is 5.56 Å². The van der Waals surface area contributed by atoms with Crippen LogP contribution >= 0.6 is 7.75 Å². The molecular weight excluding hydrogens is 416 g/mol. The number of hydrazone groups is 1. The quantitative estimate of drug-likeness (QED) is 0.184. The van der Waals surface area contributed by atoms with Crippen LogP contribution in [0.4, 0.5) is 13.2 Å². The molecule has 0 unspecified atom stereocenters. The first-order valence-electron chi connectivity index (χ1n) is 8.35. The number of hydrogen-bond acceptors (Lipinski definition) is 7. The van der Waals surface area contributed by atoms with Gasteiger partial charge in [-0.15, -0.1) is 0 Å². The molecule has 1 N–H and O–H groups in total. The second-order valence-electron chi connectivity index (χ2n) is 5.33. The number of alkyl halides is 3. The molecule has 1 rings (SSSR count). The van der Waals surface area contributed by atoms with Crippen LogP contribution in [0.5, 0.6) is 5.75 Å². The Bertz CT molecular complexity index is 788. The summed E-state index contributed by atoms with van der Waals surface area (Å²) >= 11 is 0. The van der Waals surface area contributed by atoms with Crippen LogP contribution in [0.1, 0.15) is 25.0 Å². The standard InChI is InChI=1S/C17H22F3N2O6P/c1-5-27-29(24,28-6-2)22-21-10-13-7-8-14(17(18,19)20)9-15(13)26-11-12(3)16(23)25-4/h7-10H,3,5-6,11H2,1-2,4H3,(H,22,24). The first-order chi connectivity index (χ1) is 13.6. The van der Waals surface area contributed by atoms with Crippen LogP contribution < -0.4 is 9.93 Å². The molecule has 0 saturated heterocycles. The molecule has 1 aromatic rings. The summed E-state index contributed by atoms with van der Waals surface area (Å²) in [6.45, 7) is 6.42. The third-order valence-corrected chi connectivity index (χ3v) is 4.76. The van der Waals surface area contributed by atoms with Gasteiger partial charge in [0.25, 0.3) is 0 Å². The summed E-state index contributed by atoms with van der Waals surface area (Å²) < 4.78 is 71.0. The Morgan fingerprint density at radius 1 is 1.28 bits per heavy atom. The Morgan fingerprint density at radius 3 is 2.41 bits per heavy atom. The van der Waals surface area contributed by atoms with Crippen molar-refractivity contribution < 1.29 is 41.1 Å². The van der Waals surface area contributed by atoms with E-state index in [2.05, 4.69) is 21.6 Å². The lowest BCUT2D eigenvalue weighted by Gasteiger charge is -2.15. The van der Waals surface area contributed by atoms with E-state index in [9.17, 15) is 22.5 Å². The fourth-order valence-electron chi connectivity index (χ4n) is 1.91. The smallest absolute Gasteiger partial charge is 0.448 e. The largest absolute Gasteiger partial charge is 0.488 e. The topological polar surface area (TPSA) is 95.5 Å². The van der Waals surface area contributed by atoms with Gasteiger partial charge < -0.3 is 9.47 Å². The highest BCUT2D eigenvalue weighted by molar-refractivity contribution is 7.51. The van der Waals surface area contributed by atoms with Gasteiger partial charge in [-0.2, -0.15) is 18.3 Å². The number of nitrogens with one attached hydrogen (secondary N) is 1. The van der Waals surface area contributed by atoms with Crippen LogP contribution in [-0.4, -0.2) is 39.1 Å². The number of rotatable bonds is 11. The van der Waals surface area contributed by atoms with E-state index >= 15 is 0 Å². The third-order valence-electron chi connectivity index (χ3n) is 3.20. The maximum atomic E-state index is 13.0. The Labute approximate surface area is 166 Å². The SMILES string of the molecule is C=C(COc1cc(C(F)(F)F)ccc1C=NNP(=O)(OCC)OCC)C(=O)OC. The second-order valence-corrected chi connectivity index (χ2v) is 7.04. The van der Waals surface area contributed by atoms with Crippen molar-refractivity contribution in [3.05, 3.63) is 41.5 Å². The molecule has 0 aliphatic carbocycles. The Hall–Kier alpha value is -2.36. The van der Waals surface area contributed by atoms with Gasteiger partial charge in [0.2, 0.25) is 0 Å². The van der Waals surface area contributed by atoms with Crippen molar-refractivity contribution >= 4 is 19.9 Å². The zero-order valence-electron chi connectivity index (χ0n) is 16.1. The molecular formula is C17H22F3N2O6P. The van der Waals surface area contributed by atoms with Crippen LogP contribution in [0.3, 0.4) is 0 Å². The van der Waals surface area contributed by atoms with Crippen molar-refractivity contribution in [2.24, 2.45) is 5.10 Å². The molecule has 0 aliphatic rings. The summed E-state index contributed by atoms with van der Waals surface area (Å²) in [5, 5.41) is 5.94. The molecule has 0 aromatic heterocycles. The number of carbonyl (C=O) groups is 1. The number of esters is 1. The highest BCUT2D eigenvalue weighted by atomic mass is 31.2. The molecule has 8 nitrogen and oxygen atoms in total. The minimum absolute atomic E-state index is 0.0874. The number of halogens is 3. The minimum Gasteiger partial charge on any atom is -0.488 e. The van der Waals surface area contributed by atoms with E-state index in [-0.39, 0.29) is 30.1 Å². The molecule has 0 saturated carbocycles. The van der Waals surface area contributed by atoms with Crippen molar-refractivity contribution in [3.8, 4) is 5.75 Å². The van der Waals surface area contributed by atoms with Gasteiger partial charge in [0.1, 0.15) is 12.4 Å². The van der Waals surface area contributed by atoms with Gasteiger partial charge in [-0.1, -0.05) is 6.58 Å². The fourth-order valence-corrected chi connectivity index (χ4v) is 2.98. The van der Waals surface area contributed by atoms with Crippen LogP contribution in [0.15, 0.2) is 35.5 Å². The lowest BCUT2D eigenvalue weighted by Crippen LogP contribution is -2.13.